The zero-order valence-electron chi connectivity index (χ0n) is 33.1. The molecule has 10 aromatic rings. The molecule has 0 radical (unpaired) electrons. The first-order chi connectivity index (χ1) is 29.7. The molecule has 1 aliphatic heterocycles. The van der Waals surface area contributed by atoms with E-state index in [-0.39, 0.29) is 0 Å². The van der Waals surface area contributed by atoms with Gasteiger partial charge in [-0.25, -0.2) is 4.98 Å². The number of pyridine rings is 1. The third-order valence-electron chi connectivity index (χ3n) is 11.9. The minimum atomic E-state index is -3.05. The lowest BCUT2D eigenvalue weighted by Gasteiger charge is -2.35. The molecule has 0 amide bonds. The summed E-state index contributed by atoms with van der Waals surface area (Å²) in [7, 11) is -3.05. The van der Waals surface area contributed by atoms with Gasteiger partial charge in [0.1, 0.15) is 5.82 Å². The molecule has 2 aromatic heterocycles. The van der Waals surface area contributed by atoms with Crippen molar-refractivity contribution in [1.29, 1.82) is 0 Å². The summed E-state index contributed by atoms with van der Waals surface area (Å²) in [5.74, 6) is 0.889. The highest BCUT2D eigenvalue weighted by Crippen LogP contribution is 2.44. The zero-order chi connectivity index (χ0) is 40.0. The van der Waals surface area contributed by atoms with E-state index in [0.717, 1.165) is 45.2 Å². The Morgan fingerprint density at radius 3 is 1.73 bits per heavy atom. The van der Waals surface area contributed by atoms with Crippen LogP contribution in [0.15, 0.2) is 225 Å². The van der Waals surface area contributed by atoms with Crippen molar-refractivity contribution < 1.29 is 4.94 Å². The predicted molar refractivity (Wildman–Crippen MR) is 251 cm³/mol. The van der Waals surface area contributed by atoms with Crippen LogP contribution in [-0.2, 0) is 4.94 Å². The Morgan fingerprint density at radius 1 is 0.433 bits per heavy atom. The fourth-order valence-electron chi connectivity index (χ4n) is 9.21. The number of para-hydroxylation sites is 4. The van der Waals surface area contributed by atoms with E-state index < -0.39 is 8.07 Å². The highest BCUT2D eigenvalue weighted by atomic mass is 28.3. The lowest BCUT2D eigenvalue weighted by atomic mass is 10.0. The minimum absolute atomic E-state index is 0.889. The number of hydrogen-bond donors (Lipinski definition) is 0. The molecule has 1 aliphatic rings. The van der Waals surface area contributed by atoms with Crippen molar-refractivity contribution in [3.63, 3.8) is 0 Å². The third-order valence-corrected chi connectivity index (χ3v) is 16.7. The lowest BCUT2D eigenvalue weighted by molar-refractivity contribution is 0.156. The smallest absolute Gasteiger partial charge is 0.179 e. The highest BCUT2D eigenvalue weighted by Gasteiger charge is 2.42. The maximum absolute atomic E-state index is 6.77. The van der Waals surface area contributed by atoms with Gasteiger partial charge in [-0.1, -0.05) is 158 Å². The molecule has 286 valence electrons. The molecule has 0 unspecified atom stereocenters. The van der Waals surface area contributed by atoms with E-state index >= 15 is 0 Å². The lowest BCUT2D eigenvalue weighted by Crippen LogP contribution is -2.74. The Morgan fingerprint density at radius 2 is 1.00 bits per heavy atom. The van der Waals surface area contributed by atoms with Crippen molar-refractivity contribution in [2.24, 2.45) is 0 Å². The van der Waals surface area contributed by atoms with Crippen LogP contribution in [0.5, 0.6) is 0 Å². The van der Waals surface area contributed by atoms with Crippen LogP contribution in [0.3, 0.4) is 0 Å². The van der Waals surface area contributed by atoms with Crippen molar-refractivity contribution in [3.8, 4) is 16.9 Å². The van der Waals surface area contributed by atoms with Gasteiger partial charge in [0.15, 0.2) is 8.07 Å². The summed E-state index contributed by atoms with van der Waals surface area (Å²) in [5.41, 5.74) is 9.72. The second-order valence-electron chi connectivity index (χ2n) is 15.3. The molecule has 0 bridgehead atoms. The Bertz CT molecular complexity index is 3130. The van der Waals surface area contributed by atoms with Crippen LogP contribution < -0.4 is 30.9 Å². The molecular weight excluding hydrogens is 749 g/mol. The average Bonchev–Trinajstić information content (AvgIpc) is 3.87. The van der Waals surface area contributed by atoms with Crippen LogP contribution >= 0.6 is 0 Å². The molecule has 11 rings (SSSR count). The topological polar surface area (TPSA) is 33.5 Å². The summed E-state index contributed by atoms with van der Waals surface area (Å²) in [4.78, 5) is 11.8. The van der Waals surface area contributed by atoms with Crippen molar-refractivity contribution in [3.05, 3.63) is 230 Å². The summed E-state index contributed by atoms with van der Waals surface area (Å²) in [6, 6.07) is 78.6. The SMILES string of the molecule is Cc1ccccc1-c1ccnc(-n2c3ccccc3c3ccc([Si](c4ccccc4)(c4ccccc4)c4cccc(N5ON(c6ccccc6)c6ccccc65)c4)cc32)c1. The molecular formula is C54H40N4OSi. The normalized spacial score (nSPS) is 12.6. The van der Waals surface area contributed by atoms with Crippen LogP contribution in [0.1, 0.15) is 5.56 Å². The minimum Gasteiger partial charge on any atom is -0.294 e. The number of aryl methyl sites for hydroxylation is 1. The van der Waals surface area contributed by atoms with E-state index in [0.29, 0.717) is 0 Å². The summed E-state index contributed by atoms with van der Waals surface area (Å²) in [6.07, 6.45) is 1.94. The first-order valence-corrected chi connectivity index (χ1v) is 22.4. The molecule has 0 saturated heterocycles. The van der Waals surface area contributed by atoms with E-state index in [9.17, 15) is 0 Å². The quantitative estimate of drug-likeness (QED) is 0.113. The van der Waals surface area contributed by atoms with E-state index in [4.69, 9.17) is 9.92 Å². The maximum Gasteiger partial charge on any atom is 0.179 e. The summed E-state index contributed by atoms with van der Waals surface area (Å²) >= 11 is 0. The van der Waals surface area contributed by atoms with E-state index in [1.54, 1.807) is 0 Å². The number of rotatable bonds is 8. The van der Waals surface area contributed by atoms with Gasteiger partial charge in [0.25, 0.3) is 0 Å². The molecule has 3 heterocycles. The Hall–Kier alpha value is -7.51. The van der Waals surface area contributed by atoms with E-state index in [2.05, 4.69) is 212 Å². The highest BCUT2D eigenvalue weighted by molar-refractivity contribution is 7.20. The molecule has 0 N–H and O–H groups in total. The van der Waals surface area contributed by atoms with E-state index in [1.165, 1.54) is 42.6 Å². The fraction of sp³-hybridized carbons (Fsp3) is 0.0185. The summed E-state index contributed by atoms with van der Waals surface area (Å²) < 4.78 is 2.36. The van der Waals surface area contributed by atoms with Crippen molar-refractivity contribution in [2.75, 3.05) is 10.1 Å². The molecule has 6 heteroatoms. The Balaban J connectivity index is 1.15. The number of benzene rings is 8. The number of aromatic nitrogens is 2. The van der Waals surface area contributed by atoms with Crippen LogP contribution in [0.25, 0.3) is 38.8 Å². The Kier molecular flexibility index (Phi) is 8.73. The predicted octanol–water partition coefficient (Wildman–Crippen LogP) is 10.7. The summed E-state index contributed by atoms with van der Waals surface area (Å²) in [5, 5.41) is 11.4. The Labute approximate surface area is 350 Å². The van der Waals surface area contributed by atoms with Gasteiger partial charge in [-0.2, -0.15) is 10.1 Å². The van der Waals surface area contributed by atoms with Gasteiger partial charge < -0.3 is 0 Å². The maximum atomic E-state index is 6.77. The van der Waals surface area contributed by atoms with Crippen LogP contribution in [0.4, 0.5) is 22.7 Å². The number of nitrogens with zero attached hydrogens (tertiary/aromatic N) is 4. The van der Waals surface area contributed by atoms with Gasteiger partial charge in [0, 0.05) is 17.0 Å². The molecule has 8 aromatic carbocycles. The van der Waals surface area contributed by atoms with Gasteiger partial charge in [-0.15, -0.1) is 4.94 Å². The molecule has 0 atom stereocenters. The van der Waals surface area contributed by atoms with Crippen molar-refractivity contribution in [2.45, 2.75) is 6.92 Å². The molecule has 5 nitrogen and oxygen atoms in total. The first kappa shape index (κ1) is 35.6. The van der Waals surface area contributed by atoms with Gasteiger partial charge in [0.05, 0.1) is 33.8 Å². The van der Waals surface area contributed by atoms with Crippen molar-refractivity contribution >= 4 is 73.4 Å². The summed E-state index contributed by atoms with van der Waals surface area (Å²) in [6.45, 7) is 2.17. The monoisotopic (exact) mass is 788 g/mol. The van der Waals surface area contributed by atoms with Gasteiger partial charge in [-0.3, -0.25) is 4.57 Å². The molecule has 60 heavy (non-hydrogen) atoms. The van der Waals surface area contributed by atoms with Gasteiger partial charge in [-0.05, 0) is 105 Å². The van der Waals surface area contributed by atoms with Crippen LogP contribution in [0.2, 0.25) is 0 Å². The van der Waals surface area contributed by atoms with Crippen molar-refractivity contribution in [1.82, 2.24) is 9.55 Å². The van der Waals surface area contributed by atoms with Gasteiger partial charge in [0.2, 0.25) is 0 Å². The van der Waals surface area contributed by atoms with E-state index in [1.807, 2.05) is 34.5 Å². The molecule has 0 spiro atoms. The number of anilines is 4. The fourth-order valence-corrected chi connectivity index (χ4v) is 14.0. The second-order valence-corrected chi connectivity index (χ2v) is 19.1. The zero-order valence-corrected chi connectivity index (χ0v) is 34.1. The third kappa shape index (κ3) is 5.76. The average molecular weight is 789 g/mol. The number of hydrogen-bond acceptors (Lipinski definition) is 4. The van der Waals surface area contributed by atoms with Gasteiger partial charge >= 0.3 is 0 Å². The largest absolute Gasteiger partial charge is 0.294 e. The molecule has 0 fully saturated rings. The second kappa shape index (κ2) is 14.7. The number of fused-ring (bicyclic) bond motifs is 4. The van der Waals surface area contributed by atoms with Crippen LogP contribution in [0, 0.1) is 6.92 Å². The molecule has 0 saturated carbocycles. The van der Waals surface area contributed by atoms with Crippen LogP contribution in [-0.4, -0.2) is 17.6 Å². The first-order valence-electron chi connectivity index (χ1n) is 20.4. The molecule has 0 aliphatic carbocycles. The standard InChI is InChI=1S/C54H40N4OSi/c1-39-18-11-12-27-47(39)40-34-35-55-54(36-40)56-50-29-14-13-28-48(50)49-33-32-46(38-53(49)56)60(43-22-7-3-8-23-43,44-24-9-4-10-25-44)45-26-17-21-42(37-45)58-52-31-16-15-30-51(52)57(59-58)41-19-5-2-6-20-41/h2-38H,1H3.